The standard InChI is InChI=1S/C48H83N3O13/c1-2-49-45(56)36-64-33-32-63-31-19-20-41(52)40(28-30-47(59)60)51-44(55)29-27-39(48(61)62)34-42(53)38-25-23-37(24-26-38)35-50-43(54)21-17-15-13-11-9-7-5-3-4-6-8-10-12-14-16-18-22-46(57)58/h37-40H,2-36H2,1H3,(H,49,56)(H,50,54)(H,51,55)(H,57,58)(H,59,60)(H,61,62). The normalized spacial score (nSPS) is 15.8. The number of rotatable bonds is 43. The lowest BCUT2D eigenvalue weighted by Crippen LogP contribution is -2.41. The maximum Gasteiger partial charge on any atom is 0.306 e. The van der Waals surface area contributed by atoms with E-state index in [1.807, 2.05) is 0 Å². The number of carbonyl (C=O) groups is 8. The van der Waals surface area contributed by atoms with Crippen LogP contribution in [0.15, 0.2) is 0 Å². The lowest BCUT2D eigenvalue weighted by molar-refractivity contribution is -0.145. The van der Waals surface area contributed by atoms with Crippen molar-refractivity contribution in [1.82, 2.24) is 16.0 Å². The minimum atomic E-state index is -1.18. The van der Waals surface area contributed by atoms with Gasteiger partial charge >= 0.3 is 17.9 Å². The number of carboxylic acids is 3. The van der Waals surface area contributed by atoms with Crippen LogP contribution in [0.4, 0.5) is 0 Å². The van der Waals surface area contributed by atoms with Gasteiger partial charge in [0.15, 0.2) is 5.78 Å². The Morgan fingerprint density at radius 3 is 1.59 bits per heavy atom. The molecule has 64 heavy (non-hydrogen) atoms. The summed E-state index contributed by atoms with van der Waals surface area (Å²) in [4.78, 5) is 96.6. The van der Waals surface area contributed by atoms with E-state index in [9.17, 15) is 43.5 Å². The number of likely N-dealkylation sites (N-methyl/N-ethyl adjacent to an activating group) is 1. The van der Waals surface area contributed by atoms with Gasteiger partial charge in [-0.15, -0.1) is 0 Å². The van der Waals surface area contributed by atoms with Gasteiger partial charge in [-0.1, -0.05) is 89.9 Å². The number of carbonyl (C=O) groups excluding carboxylic acids is 5. The number of ether oxygens (including phenoxy) is 2. The van der Waals surface area contributed by atoms with Crippen LogP contribution in [0.2, 0.25) is 0 Å². The van der Waals surface area contributed by atoms with E-state index in [1.165, 1.54) is 64.2 Å². The molecule has 16 heteroatoms. The second-order valence-electron chi connectivity index (χ2n) is 17.6. The summed E-state index contributed by atoms with van der Waals surface area (Å²) < 4.78 is 10.6. The Labute approximate surface area is 381 Å². The minimum absolute atomic E-state index is 0.0255. The van der Waals surface area contributed by atoms with Gasteiger partial charge in [-0.05, 0) is 70.6 Å². The second-order valence-corrected chi connectivity index (χ2v) is 17.6. The van der Waals surface area contributed by atoms with Gasteiger partial charge in [0.1, 0.15) is 12.4 Å². The average Bonchev–Trinajstić information content (AvgIpc) is 3.26. The second kappa shape index (κ2) is 38.4. The van der Waals surface area contributed by atoms with Gasteiger partial charge in [0.25, 0.3) is 0 Å². The third-order valence-electron chi connectivity index (χ3n) is 12.0. The molecule has 0 aromatic carbocycles. The molecule has 1 fully saturated rings. The molecule has 368 valence electrons. The van der Waals surface area contributed by atoms with Gasteiger partial charge in [0.05, 0.1) is 25.2 Å². The first-order chi connectivity index (χ1) is 30.8. The molecule has 2 unspecified atom stereocenters. The van der Waals surface area contributed by atoms with E-state index in [-0.39, 0.29) is 107 Å². The Bertz CT molecular complexity index is 1350. The molecule has 1 aliphatic rings. The molecule has 16 nitrogen and oxygen atoms in total. The number of nitrogens with one attached hydrogen (secondary N) is 3. The first-order valence-corrected chi connectivity index (χ1v) is 24.5. The van der Waals surface area contributed by atoms with Crippen molar-refractivity contribution in [3.05, 3.63) is 0 Å². The smallest absolute Gasteiger partial charge is 0.306 e. The van der Waals surface area contributed by atoms with Gasteiger partial charge in [0, 0.05) is 64.1 Å². The SMILES string of the molecule is CCNC(=O)COCCOCCCC(=O)C(CCC(=O)O)NC(=O)CCC(CC(=O)C1CCC(CNC(=O)CCCCCCCCCCCCCCCCCCC(=O)O)CC1)C(=O)O. The predicted molar refractivity (Wildman–Crippen MR) is 243 cm³/mol. The summed E-state index contributed by atoms with van der Waals surface area (Å²) in [6.45, 7) is 3.43. The van der Waals surface area contributed by atoms with Gasteiger partial charge in [0.2, 0.25) is 17.7 Å². The van der Waals surface area contributed by atoms with Gasteiger partial charge < -0.3 is 40.7 Å². The first-order valence-electron chi connectivity index (χ1n) is 24.5. The number of aliphatic carboxylic acids is 3. The summed E-state index contributed by atoms with van der Waals surface area (Å²) in [5.41, 5.74) is 0. The fourth-order valence-electron chi connectivity index (χ4n) is 8.10. The van der Waals surface area contributed by atoms with E-state index in [1.54, 1.807) is 6.92 Å². The van der Waals surface area contributed by atoms with E-state index in [2.05, 4.69) is 16.0 Å². The Hall–Kier alpha value is -3.92. The Morgan fingerprint density at radius 1 is 0.531 bits per heavy atom. The molecule has 1 rings (SSSR count). The van der Waals surface area contributed by atoms with Crippen LogP contribution >= 0.6 is 0 Å². The quantitative estimate of drug-likeness (QED) is 0.0329. The van der Waals surface area contributed by atoms with Crippen molar-refractivity contribution in [1.29, 1.82) is 0 Å². The number of amides is 3. The highest BCUT2D eigenvalue weighted by atomic mass is 16.5. The van der Waals surface area contributed by atoms with Crippen LogP contribution < -0.4 is 16.0 Å². The van der Waals surface area contributed by atoms with Crippen molar-refractivity contribution in [2.75, 3.05) is 39.5 Å². The molecule has 0 spiro atoms. The van der Waals surface area contributed by atoms with Crippen molar-refractivity contribution in [3.8, 4) is 0 Å². The molecule has 0 radical (unpaired) electrons. The molecule has 0 aliphatic heterocycles. The minimum Gasteiger partial charge on any atom is -0.481 e. The first kappa shape index (κ1) is 58.1. The average molecular weight is 910 g/mol. The van der Waals surface area contributed by atoms with Gasteiger partial charge in [-0.2, -0.15) is 0 Å². The van der Waals surface area contributed by atoms with Crippen LogP contribution in [0.25, 0.3) is 0 Å². The molecule has 2 atom stereocenters. The fourth-order valence-corrected chi connectivity index (χ4v) is 8.10. The molecule has 3 amide bonds. The molecule has 0 heterocycles. The summed E-state index contributed by atoms with van der Waals surface area (Å²) in [6, 6.07) is -1.06. The van der Waals surface area contributed by atoms with Crippen LogP contribution in [0.5, 0.6) is 0 Å². The van der Waals surface area contributed by atoms with Crippen molar-refractivity contribution in [3.63, 3.8) is 0 Å². The van der Waals surface area contributed by atoms with Crippen molar-refractivity contribution < 1.29 is 63.1 Å². The van der Waals surface area contributed by atoms with E-state index >= 15 is 0 Å². The molecule has 0 bridgehead atoms. The number of Topliss-reactive ketones (excluding diaryl/α,β-unsaturated/α-hetero) is 2. The Balaban J connectivity index is 2.21. The lowest BCUT2D eigenvalue weighted by Gasteiger charge is -2.28. The van der Waals surface area contributed by atoms with Crippen molar-refractivity contribution in [2.24, 2.45) is 17.8 Å². The maximum atomic E-state index is 13.2. The van der Waals surface area contributed by atoms with Crippen LogP contribution in [0.3, 0.4) is 0 Å². The highest BCUT2D eigenvalue weighted by molar-refractivity contribution is 5.90. The molecule has 6 N–H and O–H groups in total. The number of ketones is 2. The molecule has 0 saturated heterocycles. The zero-order valence-corrected chi connectivity index (χ0v) is 39.0. The summed E-state index contributed by atoms with van der Waals surface area (Å²) in [6.07, 6.45) is 21.5. The number of hydrogen-bond acceptors (Lipinski definition) is 10. The predicted octanol–water partition coefficient (Wildman–Crippen LogP) is 7.32. The summed E-state index contributed by atoms with van der Waals surface area (Å²) in [7, 11) is 0. The number of unbranched alkanes of at least 4 members (excludes halogenated alkanes) is 15. The topological polar surface area (TPSA) is 252 Å². The van der Waals surface area contributed by atoms with Crippen LogP contribution in [-0.2, 0) is 47.8 Å². The molecule has 1 aliphatic carbocycles. The van der Waals surface area contributed by atoms with Gasteiger partial charge in [-0.25, -0.2) is 0 Å². The zero-order valence-electron chi connectivity index (χ0n) is 39.0. The summed E-state index contributed by atoms with van der Waals surface area (Å²) >= 11 is 0. The molecule has 1 saturated carbocycles. The summed E-state index contributed by atoms with van der Waals surface area (Å²) in [5.74, 6) is -5.35. The van der Waals surface area contributed by atoms with Crippen LogP contribution in [0, 0.1) is 17.8 Å². The van der Waals surface area contributed by atoms with E-state index < -0.39 is 35.8 Å². The molecule has 0 aromatic heterocycles. The van der Waals surface area contributed by atoms with E-state index in [4.69, 9.17) is 19.7 Å². The van der Waals surface area contributed by atoms with Gasteiger partial charge in [-0.3, -0.25) is 38.4 Å². The fraction of sp³-hybridized carbons (Fsp3) is 0.833. The van der Waals surface area contributed by atoms with Crippen LogP contribution in [0.1, 0.15) is 193 Å². The molecular weight excluding hydrogens is 827 g/mol. The summed E-state index contributed by atoms with van der Waals surface area (Å²) in [5, 5.41) is 35.9. The third kappa shape index (κ3) is 32.7. The highest BCUT2D eigenvalue weighted by Gasteiger charge is 2.31. The van der Waals surface area contributed by atoms with Crippen molar-refractivity contribution >= 4 is 47.2 Å². The zero-order chi connectivity index (χ0) is 47.2. The van der Waals surface area contributed by atoms with Crippen LogP contribution in [-0.4, -0.2) is 108 Å². The molecule has 0 aromatic rings. The number of hydrogen-bond donors (Lipinski definition) is 6. The Morgan fingerprint density at radius 2 is 1.06 bits per heavy atom. The number of carboxylic acid groups (broad SMARTS) is 3. The molecular formula is C48H83N3O13. The largest absolute Gasteiger partial charge is 0.481 e. The highest BCUT2D eigenvalue weighted by Crippen LogP contribution is 2.31. The van der Waals surface area contributed by atoms with Crippen molar-refractivity contribution in [2.45, 2.75) is 199 Å². The third-order valence-corrected chi connectivity index (χ3v) is 12.0. The monoisotopic (exact) mass is 910 g/mol. The van der Waals surface area contributed by atoms with E-state index in [0.717, 1.165) is 51.4 Å². The maximum absolute atomic E-state index is 13.2. The lowest BCUT2D eigenvalue weighted by atomic mass is 9.78. The Kier molecular flexibility index (Phi) is 34.8. The van der Waals surface area contributed by atoms with E-state index in [0.29, 0.717) is 38.8 Å².